The maximum absolute atomic E-state index is 6.35. The van der Waals surface area contributed by atoms with E-state index in [-0.39, 0.29) is 0 Å². The van der Waals surface area contributed by atoms with Gasteiger partial charge in [0.1, 0.15) is 0 Å². The summed E-state index contributed by atoms with van der Waals surface area (Å²) in [6.45, 7) is 4.70. The third kappa shape index (κ3) is 3.23. The largest absolute Gasteiger partial charge is 0.326 e. The Balaban J connectivity index is 1.91. The van der Waals surface area contributed by atoms with Crippen molar-refractivity contribution in [1.29, 1.82) is 0 Å². The number of rotatable bonds is 5. The first-order valence-corrected chi connectivity index (χ1v) is 7.61. The fourth-order valence-corrected chi connectivity index (χ4v) is 3.61. The summed E-state index contributed by atoms with van der Waals surface area (Å²) in [4.78, 5) is 2.60. The summed E-state index contributed by atoms with van der Waals surface area (Å²) in [6, 6.07) is 1.79. The molecule has 2 fully saturated rings. The minimum absolute atomic E-state index is 0.411. The normalized spacial score (nSPS) is 36.2. The Hall–Kier alpha value is -0.0800. The highest BCUT2D eigenvalue weighted by Crippen LogP contribution is 2.38. The molecule has 0 spiro atoms. The van der Waals surface area contributed by atoms with E-state index >= 15 is 0 Å². The molecule has 2 heteroatoms. The van der Waals surface area contributed by atoms with Gasteiger partial charge in [-0.3, -0.25) is 4.90 Å². The van der Waals surface area contributed by atoms with Crippen LogP contribution in [0.2, 0.25) is 0 Å². The van der Waals surface area contributed by atoms with E-state index in [2.05, 4.69) is 25.8 Å². The van der Waals surface area contributed by atoms with Gasteiger partial charge in [0.2, 0.25) is 0 Å². The molecule has 17 heavy (non-hydrogen) atoms. The van der Waals surface area contributed by atoms with Crippen molar-refractivity contribution in [2.75, 3.05) is 7.05 Å². The lowest BCUT2D eigenvalue weighted by Crippen LogP contribution is -2.53. The molecule has 0 heterocycles. The average molecular weight is 238 g/mol. The Morgan fingerprint density at radius 2 is 1.94 bits per heavy atom. The highest BCUT2D eigenvalue weighted by Gasteiger charge is 2.37. The number of nitrogens with two attached hydrogens (primary N) is 1. The van der Waals surface area contributed by atoms with E-state index in [1.807, 2.05) is 0 Å². The van der Waals surface area contributed by atoms with Gasteiger partial charge in [0.05, 0.1) is 0 Å². The van der Waals surface area contributed by atoms with E-state index in [0.29, 0.717) is 12.1 Å². The molecule has 4 unspecified atom stereocenters. The molecule has 0 aromatic heterocycles. The fraction of sp³-hybridized carbons (Fsp3) is 1.00. The monoisotopic (exact) mass is 238 g/mol. The van der Waals surface area contributed by atoms with Crippen molar-refractivity contribution in [2.24, 2.45) is 17.6 Å². The second-order valence-corrected chi connectivity index (χ2v) is 6.44. The molecule has 0 radical (unpaired) electrons. The zero-order valence-corrected chi connectivity index (χ0v) is 11.9. The summed E-state index contributed by atoms with van der Waals surface area (Å²) in [5, 5.41) is 0. The lowest BCUT2D eigenvalue weighted by molar-refractivity contribution is 0.0920. The minimum Gasteiger partial charge on any atom is -0.326 e. The number of hydrogen-bond acceptors (Lipinski definition) is 2. The van der Waals surface area contributed by atoms with Gasteiger partial charge in [-0.25, -0.2) is 0 Å². The molecule has 2 rings (SSSR count). The van der Waals surface area contributed by atoms with E-state index in [1.165, 1.54) is 44.9 Å². The SMILES string of the molecule is CCCC1CCC(N)C(N(C)C(C)C2CC2)C1. The number of likely N-dealkylation sites (N-methyl/N-ethyl adjacent to an activating group) is 1. The zero-order chi connectivity index (χ0) is 12.4. The molecule has 0 aromatic carbocycles. The lowest BCUT2D eigenvalue weighted by atomic mass is 9.79. The Kier molecular flexibility index (Phi) is 4.48. The van der Waals surface area contributed by atoms with E-state index in [1.54, 1.807) is 0 Å². The van der Waals surface area contributed by atoms with Crippen LogP contribution >= 0.6 is 0 Å². The summed E-state index contributed by atoms with van der Waals surface area (Å²) in [7, 11) is 2.31. The van der Waals surface area contributed by atoms with Gasteiger partial charge in [-0.1, -0.05) is 19.8 Å². The summed E-state index contributed by atoms with van der Waals surface area (Å²) < 4.78 is 0. The van der Waals surface area contributed by atoms with Gasteiger partial charge in [0, 0.05) is 18.1 Å². The van der Waals surface area contributed by atoms with Crippen molar-refractivity contribution in [3.8, 4) is 0 Å². The van der Waals surface area contributed by atoms with E-state index < -0.39 is 0 Å². The molecule has 2 aliphatic carbocycles. The van der Waals surface area contributed by atoms with Crippen LogP contribution < -0.4 is 5.73 Å². The van der Waals surface area contributed by atoms with E-state index in [9.17, 15) is 0 Å². The topological polar surface area (TPSA) is 29.3 Å². The van der Waals surface area contributed by atoms with Gasteiger partial charge in [0.25, 0.3) is 0 Å². The molecule has 2 nitrogen and oxygen atoms in total. The van der Waals surface area contributed by atoms with Crippen LogP contribution in [0.4, 0.5) is 0 Å². The van der Waals surface area contributed by atoms with Crippen LogP contribution in [0.15, 0.2) is 0 Å². The van der Waals surface area contributed by atoms with Gasteiger partial charge >= 0.3 is 0 Å². The second kappa shape index (κ2) is 5.71. The molecular formula is C15H30N2. The third-order valence-electron chi connectivity index (χ3n) is 5.14. The summed E-state index contributed by atoms with van der Waals surface area (Å²) in [5.74, 6) is 1.89. The molecule has 0 bridgehead atoms. The summed E-state index contributed by atoms with van der Waals surface area (Å²) in [5.41, 5.74) is 6.35. The van der Waals surface area contributed by atoms with Gasteiger partial charge in [-0.2, -0.15) is 0 Å². The average Bonchev–Trinajstić information content (AvgIpc) is 3.14. The van der Waals surface area contributed by atoms with Crippen molar-refractivity contribution >= 4 is 0 Å². The zero-order valence-electron chi connectivity index (χ0n) is 11.9. The summed E-state index contributed by atoms with van der Waals surface area (Å²) in [6.07, 6.45) is 9.53. The van der Waals surface area contributed by atoms with Gasteiger partial charge in [0.15, 0.2) is 0 Å². The molecular weight excluding hydrogens is 208 g/mol. The molecule has 0 amide bonds. The van der Waals surface area contributed by atoms with Crippen molar-refractivity contribution in [3.63, 3.8) is 0 Å². The van der Waals surface area contributed by atoms with Crippen LogP contribution in [0.3, 0.4) is 0 Å². The van der Waals surface area contributed by atoms with Crippen molar-refractivity contribution < 1.29 is 0 Å². The van der Waals surface area contributed by atoms with E-state index in [0.717, 1.165) is 17.9 Å². The lowest BCUT2D eigenvalue weighted by Gasteiger charge is -2.42. The van der Waals surface area contributed by atoms with Crippen LogP contribution in [0, 0.1) is 11.8 Å². The number of hydrogen-bond donors (Lipinski definition) is 1. The Labute approximate surface area is 107 Å². The fourth-order valence-electron chi connectivity index (χ4n) is 3.61. The Bertz CT molecular complexity index is 237. The van der Waals surface area contributed by atoms with E-state index in [4.69, 9.17) is 5.73 Å². The molecule has 4 atom stereocenters. The highest BCUT2D eigenvalue weighted by atomic mass is 15.2. The van der Waals surface area contributed by atoms with Gasteiger partial charge in [-0.15, -0.1) is 0 Å². The third-order valence-corrected chi connectivity index (χ3v) is 5.14. The van der Waals surface area contributed by atoms with Crippen molar-refractivity contribution in [3.05, 3.63) is 0 Å². The van der Waals surface area contributed by atoms with Crippen LogP contribution in [-0.2, 0) is 0 Å². The molecule has 2 N–H and O–H groups in total. The minimum atomic E-state index is 0.411. The smallest absolute Gasteiger partial charge is 0.0249 e. The molecule has 100 valence electrons. The molecule has 0 saturated heterocycles. The number of nitrogens with zero attached hydrogens (tertiary/aromatic N) is 1. The van der Waals surface area contributed by atoms with Crippen LogP contribution in [-0.4, -0.2) is 30.1 Å². The highest BCUT2D eigenvalue weighted by molar-refractivity contribution is 4.93. The maximum Gasteiger partial charge on any atom is 0.0249 e. The summed E-state index contributed by atoms with van der Waals surface area (Å²) >= 11 is 0. The van der Waals surface area contributed by atoms with Crippen LogP contribution in [0.5, 0.6) is 0 Å². The predicted molar refractivity (Wildman–Crippen MR) is 74.0 cm³/mol. The van der Waals surface area contributed by atoms with Crippen LogP contribution in [0.25, 0.3) is 0 Å². The van der Waals surface area contributed by atoms with Gasteiger partial charge in [-0.05, 0) is 57.9 Å². The molecule has 0 aliphatic heterocycles. The first-order valence-electron chi connectivity index (χ1n) is 7.61. The predicted octanol–water partition coefficient (Wildman–Crippen LogP) is 3.01. The van der Waals surface area contributed by atoms with Gasteiger partial charge < -0.3 is 5.73 Å². The second-order valence-electron chi connectivity index (χ2n) is 6.44. The quantitative estimate of drug-likeness (QED) is 0.798. The Morgan fingerprint density at radius 3 is 2.53 bits per heavy atom. The Morgan fingerprint density at radius 1 is 1.24 bits per heavy atom. The molecule has 2 saturated carbocycles. The van der Waals surface area contributed by atoms with Crippen molar-refractivity contribution in [2.45, 2.75) is 76.9 Å². The van der Waals surface area contributed by atoms with Crippen LogP contribution in [0.1, 0.15) is 58.8 Å². The molecule has 2 aliphatic rings. The maximum atomic E-state index is 6.35. The molecule has 0 aromatic rings. The first kappa shape index (κ1) is 13.4. The standard InChI is InChI=1S/C15H30N2/c1-4-5-12-6-9-14(16)15(10-12)17(3)11(2)13-7-8-13/h11-15H,4-10,16H2,1-3H3. The van der Waals surface area contributed by atoms with Crippen molar-refractivity contribution in [1.82, 2.24) is 4.90 Å². The first-order chi connectivity index (χ1) is 8.13.